The van der Waals surface area contributed by atoms with Gasteiger partial charge in [-0.25, -0.2) is 0 Å². The Morgan fingerprint density at radius 1 is 0.604 bits per heavy atom. The van der Waals surface area contributed by atoms with Crippen molar-refractivity contribution in [3.05, 3.63) is 61.2 Å². The fraction of sp³-hybridized carbons (Fsp3) is 0.500. The summed E-state index contributed by atoms with van der Waals surface area (Å²) in [6.07, 6.45) is 20.8. The van der Waals surface area contributed by atoms with Crippen molar-refractivity contribution in [3.63, 3.8) is 0 Å². The molecule has 2 fully saturated rings. The Kier molecular flexibility index (Phi) is 7.79. The summed E-state index contributed by atoms with van der Waals surface area (Å²) in [5, 5.41) is 4.36. The zero-order chi connectivity index (χ0) is 33.0. The second kappa shape index (κ2) is 11.9. The lowest BCUT2D eigenvalue weighted by molar-refractivity contribution is -0.136. The molecule has 0 radical (unpaired) electrons. The first-order chi connectivity index (χ1) is 23.2. The molecule has 2 unspecified atom stereocenters. The van der Waals surface area contributed by atoms with Gasteiger partial charge in [0.1, 0.15) is 22.9 Å². The number of rotatable bonds is 7. The van der Waals surface area contributed by atoms with Crippen molar-refractivity contribution in [1.82, 2.24) is 19.8 Å². The summed E-state index contributed by atoms with van der Waals surface area (Å²) in [7, 11) is 0. The van der Waals surface area contributed by atoms with E-state index >= 15 is 0 Å². The molecule has 4 aliphatic heterocycles. The van der Waals surface area contributed by atoms with E-state index in [4.69, 9.17) is 19.5 Å². The van der Waals surface area contributed by atoms with Crippen LogP contribution >= 0.6 is 0 Å². The fourth-order valence-corrected chi connectivity index (χ4v) is 8.78. The van der Waals surface area contributed by atoms with Gasteiger partial charge in [0.15, 0.2) is 0 Å². The van der Waals surface area contributed by atoms with Crippen LogP contribution in [-0.2, 0) is 0 Å². The van der Waals surface area contributed by atoms with Gasteiger partial charge in [0.2, 0.25) is 11.4 Å². The number of unbranched alkanes of at least 4 members (excludes halogenated alkanes) is 3. The van der Waals surface area contributed by atoms with Crippen molar-refractivity contribution in [2.24, 2.45) is 20.8 Å². The minimum Gasteiger partial charge on any atom is -0.464 e. The summed E-state index contributed by atoms with van der Waals surface area (Å²) in [6, 6.07) is 12.5. The Bertz CT molecular complexity index is 1760. The second-order valence-corrected chi connectivity index (χ2v) is 15.5. The van der Waals surface area contributed by atoms with E-state index in [9.17, 15) is 0 Å². The van der Waals surface area contributed by atoms with E-state index in [0.717, 1.165) is 96.3 Å². The minimum absolute atomic E-state index is 0.0608. The molecule has 4 aromatic rings. The molecular weight excluding hydrogens is 596 g/mol. The van der Waals surface area contributed by atoms with E-state index in [-0.39, 0.29) is 10.8 Å². The molecule has 2 aromatic carbocycles. The number of aliphatic imine (C=N–C) groups is 2. The molecule has 2 atom stereocenters. The molecule has 8 nitrogen and oxygen atoms in total. The van der Waals surface area contributed by atoms with E-state index in [2.05, 4.69) is 84.2 Å². The largest absolute Gasteiger partial charge is 0.464 e. The number of hydrogen-bond acceptors (Lipinski definition) is 8. The number of likely N-dealkylation sites (tertiary alicyclic amines) is 2. The Morgan fingerprint density at radius 2 is 1.06 bits per heavy atom. The van der Waals surface area contributed by atoms with Crippen molar-refractivity contribution >= 4 is 45.3 Å². The summed E-state index contributed by atoms with van der Waals surface area (Å²) in [4.78, 5) is 24.0. The minimum atomic E-state index is -0.546. The van der Waals surface area contributed by atoms with Crippen LogP contribution < -0.4 is 9.47 Å². The van der Waals surface area contributed by atoms with Gasteiger partial charge in [0.05, 0.1) is 12.4 Å². The highest BCUT2D eigenvalue weighted by atomic mass is 16.5. The summed E-state index contributed by atoms with van der Waals surface area (Å²) >= 11 is 0. The van der Waals surface area contributed by atoms with Gasteiger partial charge in [-0.05, 0) is 73.6 Å². The topological polar surface area (TPSA) is 75.4 Å². The summed E-state index contributed by atoms with van der Waals surface area (Å²) in [5.41, 5.74) is 0.576. The Hall–Kier alpha value is -3.88. The van der Waals surface area contributed by atoms with Crippen LogP contribution in [0, 0.1) is 10.8 Å². The third-order valence-corrected chi connectivity index (χ3v) is 11.7. The van der Waals surface area contributed by atoms with E-state index in [0.29, 0.717) is 0 Å². The third-order valence-electron chi connectivity index (χ3n) is 11.7. The van der Waals surface area contributed by atoms with Gasteiger partial charge in [-0.1, -0.05) is 52.7 Å². The molecular formula is C40H48N6O2. The first-order valence-corrected chi connectivity index (χ1v) is 18.0. The van der Waals surface area contributed by atoms with Crippen molar-refractivity contribution < 1.29 is 9.47 Å². The van der Waals surface area contributed by atoms with Crippen LogP contribution in [0.3, 0.4) is 0 Å². The van der Waals surface area contributed by atoms with Gasteiger partial charge in [-0.3, -0.25) is 29.8 Å². The van der Waals surface area contributed by atoms with Crippen LogP contribution in [-0.4, -0.2) is 69.8 Å². The summed E-state index contributed by atoms with van der Waals surface area (Å²) in [6.45, 7) is 13.4. The van der Waals surface area contributed by atoms with Gasteiger partial charge in [0.25, 0.3) is 0 Å². The molecule has 8 rings (SSSR count). The fourth-order valence-electron chi connectivity index (χ4n) is 8.78. The first-order valence-electron chi connectivity index (χ1n) is 18.0. The molecule has 8 heteroatoms. The molecule has 0 bridgehead atoms. The monoisotopic (exact) mass is 644 g/mol. The molecule has 6 heterocycles. The highest BCUT2D eigenvalue weighted by molar-refractivity contribution is 5.99. The van der Waals surface area contributed by atoms with Crippen LogP contribution in [0.5, 0.6) is 11.5 Å². The van der Waals surface area contributed by atoms with Crippen LogP contribution in [0.15, 0.2) is 71.2 Å². The molecule has 0 N–H and O–H groups in total. The normalized spacial score (nSPS) is 26.0. The summed E-state index contributed by atoms with van der Waals surface area (Å²) < 4.78 is 14.0. The maximum Gasteiger partial charge on any atom is 0.204 e. The van der Waals surface area contributed by atoms with E-state index < -0.39 is 11.4 Å². The summed E-state index contributed by atoms with van der Waals surface area (Å²) in [5.74, 6) is 1.72. The predicted octanol–water partition coefficient (Wildman–Crippen LogP) is 8.87. The quantitative estimate of drug-likeness (QED) is 0.187. The van der Waals surface area contributed by atoms with Crippen molar-refractivity contribution in [2.75, 3.05) is 26.2 Å². The Labute approximate surface area is 284 Å². The number of piperidine rings is 2. The van der Waals surface area contributed by atoms with E-state index in [1.807, 2.05) is 36.9 Å². The van der Waals surface area contributed by atoms with Crippen LogP contribution in [0.1, 0.15) is 79.1 Å². The predicted molar refractivity (Wildman–Crippen MR) is 194 cm³/mol. The molecule has 2 aromatic heterocycles. The number of hydrogen-bond donors (Lipinski definition) is 0. The molecule has 2 saturated heterocycles. The first kappa shape index (κ1) is 31.4. The van der Waals surface area contributed by atoms with Crippen LogP contribution in [0.4, 0.5) is 11.4 Å². The molecule has 48 heavy (non-hydrogen) atoms. The third kappa shape index (κ3) is 5.02. The van der Waals surface area contributed by atoms with Crippen molar-refractivity contribution in [2.45, 2.75) is 90.5 Å². The highest BCUT2D eigenvalue weighted by Crippen LogP contribution is 2.51. The van der Waals surface area contributed by atoms with Crippen molar-refractivity contribution in [3.8, 4) is 11.5 Å². The van der Waals surface area contributed by atoms with Gasteiger partial charge < -0.3 is 9.47 Å². The average Bonchev–Trinajstić information content (AvgIpc) is 3.09. The average molecular weight is 645 g/mol. The van der Waals surface area contributed by atoms with Crippen LogP contribution in [0.25, 0.3) is 21.5 Å². The number of fused-ring (bicyclic) bond motifs is 6. The molecule has 0 amide bonds. The second-order valence-electron chi connectivity index (χ2n) is 15.5. The van der Waals surface area contributed by atoms with Gasteiger partial charge in [0, 0.05) is 72.6 Å². The van der Waals surface area contributed by atoms with Gasteiger partial charge in [-0.15, -0.1) is 0 Å². The highest BCUT2D eigenvalue weighted by Gasteiger charge is 2.55. The van der Waals surface area contributed by atoms with Gasteiger partial charge in [-0.2, -0.15) is 0 Å². The smallest absolute Gasteiger partial charge is 0.204 e. The maximum atomic E-state index is 7.00. The van der Waals surface area contributed by atoms with E-state index in [1.54, 1.807) is 0 Å². The number of nitrogens with zero attached hydrogens (tertiary/aromatic N) is 6. The van der Waals surface area contributed by atoms with E-state index in [1.165, 1.54) is 25.7 Å². The Balaban J connectivity index is 0.922. The maximum absolute atomic E-state index is 7.00. The lowest BCUT2D eigenvalue weighted by Gasteiger charge is -2.55. The number of benzene rings is 2. The van der Waals surface area contributed by atoms with Gasteiger partial charge >= 0.3 is 0 Å². The number of aromatic nitrogens is 2. The number of pyridine rings is 2. The SMILES string of the molecule is CC1(C)CCCN(CCCCCCN2CCCC(C)(C)C23C=Nc2c(ccc4ccncc24)O3)C12C=Nc1c(ccc3ccncc13)O2. The molecule has 250 valence electrons. The zero-order valence-corrected chi connectivity index (χ0v) is 28.9. The standard InChI is InChI=1S/C40H48N6O2/c1-37(2)17-9-23-45(39(37)27-43-35-31-25-41-19-15-29(31)11-13-33(35)47-39)21-7-5-6-8-22-46-24-10-18-38(3,4)40(46)28-44-36-32-26-42-20-16-30(32)12-14-34(36)48-40/h11-16,19-20,25-28H,5-10,17-18,21-24H2,1-4H3. The Morgan fingerprint density at radius 3 is 1.52 bits per heavy atom. The lowest BCUT2D eigenvalue weighted by Crippen LogP contribution is -2.66. The molecule has 0 saturated carbocycles. The molecule has 0 aliphatic carbocycles. The molecule has 4 aliphatic rings. The number of ether oxygens (including phenoxy) is 2. The zero-order valence-electron chi connectivity index (χ0n) is 28.9. The van der Waals surface area contributed by atoms with Crippen molar-refractivity contribution in [1.29, 1.82) is 0 Å². The van der Waals surface area contributed by atoms with Crippen LogP contribution in [0.2, 0.25) is 0 Å². The molecule has 2 spiro atoms. The lowest BCUT2D eigenvalue weighted by atomic mass is 9.73.